The molecule has 6 rings (SSSR count). The van der Waals surface area contributed by atoms with Gasteiger partial charge in [-0.15, -0.1) is 5.10 Å². The first-order valence-electron chi connectivity index (χ1n) is 13.3. The minimum atomic E-state index is -0.297. The molecule has 5 aromatic rings. The molecule has 10 heteroatoms. The van der Waals surface area contributed by atoms with Crippen LogP contribution >= 0.6 is 0 Å². The minimum Gasteiger partial charge on any atom is -0.486 e. The van der Waals surface area contributed by atoms with E-state index < -0.39 is 0 Å². The molecule has 1 aliphatic rings. The molecule has 9 nitrogen and oxygen atoms in total. The number of hydrogen-bond acceptors (Lipinski definition) is 7. The highest BCUT2D eigenvalue weighted by Crippen LogP contribution is 2.34. The summed E-state index contributed by atoms with van der Waals surface area (Å²) in [5.74, 6) is 1.68. The molecule has 1 N–H and O–H groups in total. The summed E-state index contributed by atoms with van der Waals surface area (Å²) in [6.07, 6.45) is 0.695. The van der Waals surface area contributed by atoms with Crippen LogP contribution in [0, 0.1) is 5.82 Å². The van der Waals surface area contributed by atoms with Crippen molar-refractivity contribution < 1.29 is 13.9 Å². The zero-order valence-corrected chi connectivity index (χ0v) is 22.1. The van der Waals surface area contributed by atoms with Gasteiger partial charge >= 0.3 is 0 Å². The van der Waals surface area contributed by atoms with Gasteiger partial charge in [0.05, 0.1) is 18.1 Å². The molecule has 0 spiro atoms. The summed E-state index contributed by atoms with van der Waals surface area (Å²) in [5, 5.41) is 13.5. The van der Waals surface area contributed by atoms with Gasteiger partial charge in [-0.3, -0.25) is 9.69 Å². The van der Waals surface area contributed by atoms with Crippen molar-refractivity contribution in [3.8, 4) is 11.5 Å². The van der Waals surface area contributed by atoms with Crippen molar-refractivity contribution in [1.82, 2.24) is 30.1 Å². The van der Waals surface area contributed by atoms with Gasteiger partial charge in [-0.05, 0) is 52.2 Å². The van der Waals surface area contributed by atoms with Crippen molar-refractivity contribution in [2.45, 2.75) is 39.0 Å². The molecule has 3 heterocycles. The normalized spacial score (nSPS) is 13.6. The van der Waals surface area contributed by atoms with Crippen molar-refractivity contribution in [2.75, 3.05) is 13.2 Å². The number of hydrogen-bond donors (Lipinski definition) is 1. The van der Waals surface area contributed by atoms with E-state index in [4.69, 9.17) is 9.47 Å². The molecule has 0 radical (unpaired) electrons. The van der Waals surface area contributed by atoms with E-state index in [2.05, 4.69) is 32.3 Å². The smallest absolute Gasteiger partial charge is 0.252 e. The second-order valence-corrected chi connectivity index (χ2v) is 9.84. The average molecular weight is 541 g/mol. The number of aromatic nitrogens is 5. The molecule has 0 bridgehead atoms. The van der Waals surface area contributed by atoms with Crippen LogP contribution in [-0.2, 0) is 19.6 Å². The van der Waals surface area contributed by atoms with E-state index in [0.29, 0.717) is 67.7 Å². The number of fused-ring (bicyclic) bond motifs is 2. The maximum atomic E-state index is 13.7. The maximum absolute atomic E-state index is 13.7. The van der Waals surface area contributed by atoms with Gasteiger partial charge in [0, 0.05) is 30.1 Å². The molecule has 1 aliphatic heterocycles. The number of pyridine rings is 1. The molecule has 40 heavy (non-hydrogen) atoms. The van der Waals surface area contributed by atoms with E-state index in [-0.39, 0.29) is 17.4 Å². The SMILES string of the molecule is CC[C@@H](c1nnnn1Cc1ccccc1)N(Cc1ccc(F)cc1)Cc1cc2cc3c(cc2[nH]c1=O)OCCO3. The van der Waals surface area contributed by atoms with Crippen molar-refractivity contribution in [3.63, 3.8) is 0 Å². The summed E-state index contributed by atoms with van der Waals surface area (Å²) in [4.78, 5) is 18.5. The Balaban J connectivity index is 1.37. The number of benzene rings is 3. The fourth-order valence-electron chi connectivity index (χ4n) is 5.15. The van der Waals surface area contributed by atoms with Crippen molar-refractivity contribution >= 4 is 10.9 Å². The fourth-order valence-corrected chi connectivity index (χ4v) is 5.15. The molecular formula is C30H29FN6O3. The summed E-state index contributed by atoms with van der Waals surface area (Å²) in [7, 11) is 0. The first kappa shape index (κ1) is 25.7. The van der Waals surface area contributed by atoms with Crippen LogP contribution in [-0.4, -0.2) is 43.3 Å². The molecule has 0 saturated heterocycles. The van der Waals surface area contributed by atoms with E-state index in [1.165, 1.54) is 12.1 Å². The molecule has 0 unspecified atom stereocenters. The first-order chi connectivity index (χ1) is 19.6. The van der Waals surface area contributed by atoms with E-state index in [9.17, 15) is 9.18 Å². The summed E-state index contributed by atoms with van der Waals surface area (Å²) >= 11 is 0. The lowest BCUT2D eigenvalue weighted by Crippen LogP contribution is -2.32. The molecular weight excluding hydrogens is 511 g/mol. The highest BCUT2D eigenvalue weighted by molar-refractivity contribution is 5.83. The summed E-state index contributed by atoms with van der Waals surface area (Å²) in [6, 6.07) is 21.8. The topological polar surface area (TPSA) is 98.2 Å². The maximum Gasteiger partial charge on any atom is 0.252 e. The van der Waals surface area contributed by atoms with Gasteiger partial charge in [0.25, 0.3) is 5.56 Å². The van der Waals surface area contributed by atoms with Crippen LogP contribution in [0.15, 0.2) is 77.6 Å². The zero-order chi connectivity index (χ0) is 27.5. The third kappa shape index (κ3) is 5.43. The van der Waals surface area contributed by atoms with Gasteiger partial charge < -0.3 is 14.5 Å². The van der Waals surface area contributed by atoms with Crippen molar-refractivity contribution in [2.24, 2.45) is 0 Å². The van der Waals surface area contributed by atoms with Crippen LogP contribution in [0.3, 0.4) is 0 Å². The van der Waals surface area contributed by atoms with Crippen LogP contribution in [0.1, 0.15) is 41.9 Å². The van der Waals surface area contributed by atoms with Crippen LogP contribution in [0.4, 0.5) is 4.39 Å². The predicted molar refractivity (Wildman–Crippen MR) is 148 cm³/mol. The minimum absolute atomic E-state index is 0.188. The van der Waals surface area contributed by atoms with Gasteiger partial charge in [-0.25, -0.2) is 9.07 Å². The highest BCUT2D eigenvalue weighted by atomic mass is 19.1. The molecule has 1 atom stereocenters. The van der Waals surface area contributed by atoms with Crippen molar-refractivity contribution in [3.05, 3.63) is 111 Å². The third-order valence-electron chi connectivity index (χ3n) is 7.12. The Bertz CT molecular complexity index is 1670. The largest absolute Gasteiger partial charge is 0.486 e. The Morgan fingerprint density at radius 2 is 1.73 bits per heavy atom. The summed E-state index contributed by atoms with van der Waals surface area (Å²) < 4.78 is 26.9. The third-order valence-corrected chi connectivity index (χ3v) is 7.12. The Kier molecular flexibility index (Phi) is 7.24. The molecule has 2 aromatic heterocycles. The zero-order valence-electron chi connectivity index (χ0n) is 22.1. The Morgan fingerprint density at radius 1 is 0.975 bits per heavy atom. The lowest BCUT2D eigenvalue weighted by molar-refractivity contribution is 0.161. The number of tetrazole rings is 1. The molecule has 204 valence electrons. The number of nitrogens with one attached hydrogen (secondary N) is 1. The fraction of sp³-hybridized carbons (Fsp3) is 0.267. The van der Waals surface area contributed by atoms with E-state index in [0.717, 1.165) is 16.5 Å². The number of halogens is 1. The number of aromatic amines is 1. The molecule has 0 amide bonds. The van der Waals surface area contributed by atoms with Crippen LogP contribution < -0.4 is 15.0 Å². The number of ether oxygens (including phenoxy) is 2. The molecule has 0 saturated carbocycles. The van der Waals surface area contributed by atoms with Gasteiger partial charge in [0.2, 0.25) is 0 Å². The monoisotopic (exact) mass is 540 g/mol. The molecule has 0 aliphatic carbocycles. The lowest BCUT2D eigenvalue weighted by Gasteiger charge is -2.30. The van der Waals surface area contributed by atoms with Gasteiger partial charge in [-0.1, -0.05) is 49.4 Å². The first-order valence-corrected chi connectivity index (χ1v) is 13.3. The molecule has 0 fully saturated rings. The van der Waals surface area contributed by atoms with E-state index in [1.54, 1.807) is 22.9 Å². The van der Waals surface area contributed by atoms with Gasteiger partial charge in [0.1, 0.15) is 19.0 Å². The second kappa shape index (κ2) is 11.3. The number of nitrogens with zero attached hydrogens (tertiary/aromatic N) is 5. The van der Waals surface area contributed by atoms with Crippen molar-refractivity contribution in [1.29, 1.82) is 0 Å². The number of H-pyrrole nitrogens is 1. The summed E-state index contributed by atoms with van der Waals surface area (Å²) in [6.45, 7) is 4.34. The summed E-state index contributed by atoms with van der Waals surface area (Å²) in [5.41, 5.74) is 3.08. The quantitative estimate of drug-likeness (QED) is 0.291. The van der Waals surface area contributed by atoms with Gasteiger partial charge in [0.15, 0.2) is 17.3 Å². The standard InChI is InChI=1S/C30H29FN6O3/c1-2-26(29-33-34-35-37(29)18-20-6-4-3-5-7-20)36(17-21-8-10-24(31)11-9-21)19-23-14-22-15-27-28(40-13-12-39-27)16-25(22)32-30(23)38/h3-11,14-16,26H,2,12-13,17-19H2,1H3,(H,32,38)/t26-/m0/s1. The van der Waals surface area contributed by atoms with E-state index >= 15 is 0 Å². The predicted octanol–water partition coefficient (Wildman–Crippen LogP) is 4.63. The Morgan fingerprint density at radius 3 is 2.48 bits per heavy atom. The Labute approximate surface area is 230 Å². The lowest BCUT2D eigenvalue weighted by atomic mass is 10.1. The molecule has 3 aromatic carbocycles. The second-order valence-electron chi connectivity index (χ2n) is 9.84. The van der Waals surface area contributed by atoms with Crippen LogP contribution in [0.2, 0.25) is 0 Å². The average Bonchev–Trinajstić information content (AvgIpc) is 3.42. The van der Waals surface area contributed by atoms with Gasteiger partial charge in [-0.2, -0.15) is 0 Å². The highest BCUT2D eigenvalue weighted by Gasteiger charge is 2.26. The van der Waals surface area contributed by atoms with Crippen LogP contribution in [0.25, 0.3) is 10.9 Å². The number of rotatable bonds is 9. The van der Waals surface area contributed by atoms with E-state index in [1.807, 2.05) is 42.5 Å². The van der Waals surface area contributed by atoms with Crippen LogP contribution in [0.5, 0.6) is 11.5 Å². The Hall–Kier alpha value is -4.57.